The number of aromatic amines is 2. The zero-order valence-electron chi connectivity index (χ0n) is 38.2. The molecule has 3 aromatic carbocycles. The molecular weight excluding hydrogens is 841 g/mol. The van der Waals surface area contributed by atoms with Crippen LogP contribution in [0.1, 0.15) is 51.5 Å². The van der Waals surface area contributed by atoms with Gasteiger partial charge in [0.1, 0.15) is 26.1 Å². The third-order valence-electron chi connectivity index (χ3n) is 12.2. The van der Waals surface area contributed by atoms with Crippen LogP contribution in [-0.4, -0.2) is 37.9 Å². The number of carbonyl (C=O) groups is 1. The number of benzene rings is 3. The Bertz CT molecular complexity index is 3580. The van der Waals surface area contributed by atoms with Crippen molar-refractivity contribution < 1.29 is 23.8 Å². The second kappa shape index (κ2) is 18.6. The monoisotopic (exact) mass is 888 g/mol. The minimum atomic E-state index is 0.214. The number of nitrogens with one attached hydrogen (secondary N) is 2. The van der Waals surface area contributed by atoms with Crippen molar-refractivity contribution in [3.05, 3.63) is 197 Å². The second-order valence-electron chi connectivity index (χ2n) is 17.2. The Hall–Kier alpha value is -8.87. The molecule has 0 unspecified atom stereocenters. The molecule has 3 N–H and O–H groups in total. The van der Waals surface area contributed by atoms with E-state index in [4.69, 9.17) is 14.7 Å². The van der Waals surface area contributed by atoms with E-state index in [-0.39, 0.29) is 18.6 Å². The van der Waals surface area contributed by atoms with Crippen LogP contribution >= 0.6 is 0 Å². The first kappa shape index (κ1) is 43.0. The first-order chi connectivity index (χ1) is 33.2. The van der Waals surface area contributed by atoms with Gasteiger partial charge in [-0.15, -0.1) is 0 Å². The van der Waals surface area contributed by atoms with Gasteiger partial charge in [-0.1, -0.05) is 47.7 Å². The summed E-state index contributed by atoms with van der Waals surface area (Å²) < 4.78 is 10.3. The normalized spacial score (nSPS) is 11.9. The molecule has 68 heavy (non-hydrogen) atoms. The van der Waals surface area contributed by atoms with Gasteiger partial charge in [0.05, 0.1) is 35.6 Å². The molecular formula is C59H48N6O3+2. The summed E-state index contributed by atoms with van der Waals surface area (Å²) in [6.45, 7) is 4.32. The number of rotatable bonds is 9. The molecule has 2 aliphatic rings. The summed E-state index contributed by atoms with van der Waals surface area (Å²) >= 11 is 0. The minimum absolute atomic E-state index is 0.214. The summed E-state index contributed by atoms with van der Waals surface area (Å²) in [5, 5.41) is 9.48. The Morgan fingerprint density at radius 2 is 0.985 bits per heavy atom. The molecule has 2 aliphatic heterocycles. The maximum atomic E-state index is 11.4. The average molecular weight is 889 g/mol. The van der Waals surface area contributed by atoms with Gasteiger partial charge >= 0.3 is 0 Å². The molecule has 8 bridgehead atoms. The molecule has 9 heteroatoms. The van der Waals surface area contributed by atoms with Gasteiger partial charge in [-0.05, 0) is 127 Å². The average Bonchev–Trinajstić information content (AvgIpc) is 4.20. The Labute approximate surface area is 394 Å². The van der Waals surface area contributed by atoms with Crippen LogP contribution < -0.4 is 13.9 Å². The van der Waals surface area contributed by atoms with E-state index in [2.05, 4.69) is 156 Å². The highest BCUT2D eigenvalue weighted by atomic mass is 16.5. The number of aldehydes is 1. The van der Waals surface area contributed by atoms with E-state index in [9.17, 15) is 9.90 Å². The molecule has 7 heterocycles. The number of carbonyl (C=O) groups excluding carboxylic acids is 1. The highest BCUT2D eigenvalue weighted by Crippen LogP contribution is 2.39. The van der Waals surface area contributed by atoms with Crippen molar-refractivity contribution in [3.63, 3.8) is 0 Å². The van der Waals surface area contributed by atoms with Gasteiger partial charge in [-0.3, -0.25) is 4.79 Å². The number of hydrogen-bond donors (Lipinski definition) is 3. The standard InChI is InChI=1S/C59H46N6O3/c1-38-5-7-40(8-6-38)9-10-41-11-13-43(14-12-41)56-48-15-16-50(60-48)57(44-23-28-64(3)29-24-44)51-17-18-52(61-51)58(45-25-30-65(4)31-26-45)53-20-22-55(63-53)59(54-21-19-49(56)62-54)46-33-39(2)34-47(35-46)68-32-27-42(36-66)37-67/h5-8,11-26,28-31,33-37H,27,32H2,1-4H3,(H-,60,61,62,63,66,67)/p+2. The zero-order chi connectivity index (χ0) is 46.7. The molecule has 5 aromatic heterocycles. The van der Waals surface area contributed by atoms with Crippen LogP contribution in [-0.2, 0) is 18.9 Å². The van der Waals surface area contributed by atoms with Crippen molar-refractivity contribution in [1.29, 1.82) is 0 Å². The van der Waals surface area contributed by atoms with Gasteiger partial charge in [0, 0.05) is 91.7 Å². The van der Waals surface area contributed by atoms with Crippen LogP contribution in [0.2, 0.25) is 0 Å². The number of aryl methyl sites for hydroxylation is 4. The van der Waals surface area contributed by atoms with Crippen molar-refractivity contribution >= 4 is 52.7 Å². The fourth-order valence-electron chi connectivity index (χ4n) is 8.67. The van der Waals surface area contributed by atoms with E-state index in [1.165, 1.54) is 5.56 Å². The molecule has 8 aromatic rings. The van der Waals surface area contributed by atoms with Crippen molar-refractivity contribution in [2.24, 2.45) is 14.1 Å². The Morgan fingerprint density at radius 1 is 0.559 bits per heavy atom. The fraction of sp³-hybridized carbons (Fsp3) is 0.102. The maximum absolute atomic E-state index is 11.4. The third-order valence-corrected chi connectivity index (χ3v) is 12.2. The van der Waals surface area contributed by atoms with Crippen LogP contribution in [0.3, 0.4) is 0 Å². The number of aliphatic hydroxyl groups excluding tert-OH is 1. The van der Waals surface area contributed by atoms with E-state index < -0.39 is 0 Å². The zero-order valence-corrected chi connectivity index (χ0v) is 38.2. The lowest BCUT2D eigenvalue weighted by Crippen LogP contribution is -2.25. The molecule has 9 nitrogen and oxygen atoms in total. The number of H-pyrrole nitrogens is 2. The van der Waals surface area contributed by atoms with Crippen LogP contribution in [0.4, 0.5) is 0 Å². The molecule has 0 atom stereocenters. The first-order valence-corrected chi connectivity index (χ1v) is 22.5. The lowest BCUT2D eigenvalue weighted by Gasteiger charge is -2.11. The molecule has 0 spiro atoms. The van der Waals surface area contributed by atoms with Gasteiger partial charge in [0.2, 0.25) is 0 Å². The number of fused-ring (bicyclic) bond motifs is 8. The fourth-order valence-corrected chi connectivity index (χ4v) is 8.67. The summed E-state index contributed by atoms with van der Waals surface area (Å²) in [7, 11) is 4.03. The molecule has 0 aliphatic carbocycles. The molecule has 10 rings (SSSR count). The lowest BCUT2D eigenvalue weighted by molar-refractivity contribution is -0.671. The Kier molecular flexibility index (Phi) is 11.7. The Balaban J connectivity index is 1.26. The summed E-state index contributed by atoms with van der Waals surface area (Å²) in [5.41, 5.74) is 18.7. The lowest BCUT2D eigenvalue weighted by atomic mass is 10.0. The molecule has 330 valence electrons. The second-order valence-corrected chi connectivity index (χ2v) is 17.2. The summed E-state index contributed by atoms with van der Waals surface area (Å²) in [5.74, 6) is 7.30. The number of hydrogen-bond acceptors (Lipinski definition) is 5. The highest BCUT2D eigenvalue weighted by Gasteiger charge is 2.20. The Morgan fingerprint density at radius 3 is 1.43 bits per heavy atom. The molecule has 0 radical (unpaired) electrons. The van der Waals surface area contributed by atoms with Crippen molar-refractivity contribution in [1.82, 2.24) is 19.9 Å². The SMILES string of the molecule is Cc1ccc(C#Cc2ccc(-c3c4nc(c(-c5cc(C)cc(OCCC(C=O)=CO)c5)c5ccc([nH]5)c(-c5cc[n+](C)cc5)c5nc(c(-c6cc[n+](C)cc6)c6ccc3[nH]6)C=C5)C=C4)cc2)cc1. The largest absolute Gasteiger partial charge is 0.515 e. The molecule has 0 amide bonds. The third kappa shape index (κ3) is 8.91. The summed E-state index contributed by atoms with van der Waals surface area (Å²) in [6.07, 6.45) is 18.3. The van der Waals surface area contributed by atoms with Crippen molar-refractivity contribution in [2.45, 2.75) is 20.3 Å². The topological polar surface area (TPSA) is 112 Å². The predicted molar refractivity (Wildman–Crippen MR) is 272 cm³/mol. The number of ether oxygens (including phenoxy) is 1. The van der Waals surface area contributed by atoms with E-state index in [0.717, 1.165) is 112 Å². The number of nitrogens with zero attached hydrogens (tertiary/aromatic N) is 4. The minimum Gasteiger partial charge on any atom is -0.515 e. The molecule has 0 fully saturated rings. The predicted octanol–water partition coefficient (Wildman–Crippen LogP) is 11.4. The van der Waals surface area contributed by atoms with E-state index in [1.54, 1.807) is 0 Å². The number of aliphatic hydroxyl groups is 1. The van der Waals surface area contributed by atoms with Gasteiger partial charge in [0.25, 0.3) is 0 Å². The highest BCUT2D eigenvalue weighted by molar-refractivity contribution is 6.00. The quantitative estimate of drug-likeness (QED) is 0.0439. The van der Waals surface area contributed by atoms with Crippen molar-refractivity contribution in [2.75, 3.05) is 6.61 Å². The summed E-state index contributed by atoms with van der Waals surface area (Å²) in [6, 6.07) is 39.7. The number of pyridine rings is 2. The van der Waals surface area contributed by atoms with E-state index >= 15 is 0 Å². The van der Waals surface area contributed by atoms with Gasteiger partial charge < -0.3 is 19.8 Å². The molecule has 0 saturated carbocycles. The van der Waals surface area contributed by atoms with E-state index in [1.807, 2.05) is 66.8 Å². The van der Waals surface area contributed by atoms with E-state index in [0.29, 0.717) is 12.0 Å². The van der Waals surface area contributed by atoms with Gasteiger partial charge in [0.15, 0.2) is 24.8 Å². The van der Waals surface area contributed by atoms with Crippen molar-refractivity contribution in [3.8, 4) is 62.1 Å². The van der Waals surface area contributed by atoms with Crippen LogP contribution in [0.25, 0.3) is 90.9 Å². The van der Waals surface area contributed by atoms with Crippen LogP contribution in [0, 0.1) is 25.7 Å². The van der Waals surface area contributed by atoms with Crippen LogP contribution in [0.15, 0.2) is 152 Å². The van der Waals surface area contributed by atoms with Gasteiger partial charge in [-0.2, -0.15) is 0 Å². The summed E-state index contributed by atoms with van der Waals surface area (Å²) in [4.78, 5) is 30.0. The van der Waals surface area contributed by atoms with Gasteiger partial charge in [-0.25, -0.2) is 19.1 Å². The molecule has 0 saturated heterocycles. The smallest absolute Gasteiger partial charge is 0.169 e. The first-order valence-electron chi connectivity index (χ1n) is 22.5. The van der Waals surface area contributed by atoms with Crippen LogP contribution in [0.5, 0.6) is 5.75 Å². The number of aromatic nitrogens is 6. The maximum Gasteiger partial charge on any atom is 0.169 e.